The van der Waals surface area contributed by atoms with Crippen LogP contribution in [0.25, 0.3) is 22.4 Å². The summed E-state index contributed by atoms with van der Waals surface area (Å²) >= 11 is 0. The van der Waals surface area contributed by atoms with Gasteiger partial charge >= 0.3 is 0 Å². The summed E-state index contributed by atoms with van der Waals surface area (Å²) in [6.07, 6.45) is 0. The zero-order valence-corrected chi connectivity index (χ0v) is 16.0. The Morgan fingerprint density at radius 2 is 1.73 bits per heavy atom. The number of imidazole rings is 1. The van der Waals surface area contributed by atoms with E-state index in [0.29, 0.717) is 0 Å². The number of para-hydroxylation sites is 2. The largest absolute Gasteiger partial charge is 0.369 e. The van der Waals surface area contributed by atoms with Crippen molar-refractivity contribution in [3.8, 4) is 11.4 Å². The molecule has 1 saturated heterocycles. The average Bonchev–Trinajstić information content (AvgIpc) is 2.99. The van der Waals surface area contributed by atoms with E-state index in [1.807, 2.05) is 6.07 Å². The first-order valence-electron chi connectivity index (χ1n) is 9.61. The van der Waals surface area contributed by atoms with Gasteiger partial charge < -0.3 is 9.47 Å². The summed E-state index contributed by atoms with van der Waals surface area (Å²) in [5.41, 5.74) is 4.72. The van der Waals surface area contributed by atoms with Crippen LogP contribution in [0.3, 0.4) is 0 Å². The number of benzene rings is 2. The molecule has 0 spiro atoms. The second kappa shape index (κ2) is 7.12. The lowest BCUT2D eigenvalue weighted by Crippen LogP contribution is -2.47. The van der Waals surface area contributed by atoms with Crippen LogP contribution in [0.1, 0.15) is 13.8 Å². The van der Waals surface area contributed by atoms with E-state index < -0.39 is 0 Å². The minimum atomic E-state index is 0.738. The number of hydrogen-bond acceptors (Lipinski definition) is 3. The standard InChI is InChI=1S/C22H28N4/c1-17(2)16-25-11-13-26(14-12-25)19-8-6-7-18(15-19)22-23-20-9-4-5-10-21(20)24(22)3/h4-10,15,17H,11-14,16H2,1-3H3. The molecule has 4 nitrogen and oxygen atoms in total. The molecule has 1 fully saturated rings. The molecule has 2 aromatic carbocycles. The average molecular weight is 348 g/mol. The summed E-state index contributed by atoms with van der Waals surface area (Å²) in [7, 11) is 2.10. The van der Waals surface area contributed by atoms with Gasteiger partial charge in [0.1, 0.15) is 5.82 Å². The van der Waals surface area contributed by atoms with Gasteiger partial charge in [-0.05, 0) is 30.2 Å². The van der Waals surface area contributed by atoms with Gasteiger partial charge in [0.15, 0.2) is 0 Å². The van der Waals surface area contributed by atoms with E-state index in [-0.39, 0.29) is 0 Å². The fourth-order valence-electron chi connectivity index (χ4n) is 3.95. The topological polar surface area (TPSA) is 24.3 Å². The summed E-state index contributed by atoms with van der Waals surface area (Å²) in [5, 5.41) is 0. The van der Waals surface area contributed by atoms with Gasteiger partial charge in [0, 0.05) is 51.0 Å². The Balaban J connectivity index is 1.56. The molecule has 136 valence electrons. The summed E-state index contributed by atoms with van der Waals surface area (Å²) in [5.74, 6) is 1.77. The highest BCUT2D eigenvalue weighted by molar-refractivity contribution is 5.81. The molecule has 0 N–H and O–H groups in total. The van der Waals surface area contributed by atoms with Crippen molar-refractivity contribution < 1.29 is 0 Å². The van der Waals surface area contributed by atoms with Gasteiger partial charge in [0.25, 0.3) is 0 Å². The molecule has 1 aromatic heterocycles. The molecule has 0 bridgehead atoms. The minimum absolute atomic E-state index is 0.738. The second-order valence-electron chi connectivity index (χ2n) is 7.71. The number of piperazine rings is 1. The highest BCUT2D eigenvalue weighted by atomic mass is 15.3. The quantitative estimate of drug-likeness (QED) is 0.712. The molecule has 0 radical (unpaired) electrons. The Hall–Kier alpha value is -2.33. The van der Waals surface area contributed by atoms with Crippen LogP contribution in [0.15, 0.2) is 48.5 Å². The molecule has 4 rings (SSSR count). The molecule has 1 aliphatic heterocycles. The van der Waals surface area contributed by atoms with Gasteiger partial charge in [-0.1, -0.05) is 38.1 Å². The van der Waals surface area contributed by atoms with E-state index in [4.69, 9.17) is 4.98 Å². The minimum Gasteiger partial charge on any atom is -0.369 e. The first-order chi connectivity index (χ1) is 12.6. The van der Waals surface area contributed by atoms with Crippen LogP contribution in [0.5, 0.6) is 0 Å². The van der Waals surface area contributed by atoms with Crippen molar-refractivity contribution >= 4 is 16.7 Å². The lowest BCUT2D eigenvalue weighted by atomic mass is 10.1. The molecule has 0 atom stereocenters. The maximum absolute atomic E-state index is 4.85. The van der Waals surface area contributed by atoms with Crippen molar-refractivity contribution in [3.63, 3.8) is 0 Å². The van der Waals surface area contributed by atoms with Crippen molar-refractivity contribution in [1.29, 1.82) is 0 Å². The Bertz CT molecular complexity index is 888. The lowest BCUT2D eigenvalue weighted by Gasteiger charge is -2.37. The second-order valence-corrected chi connectivity index (χ2v) is 7.71. The monoisotopic (exact) mass is 348 g/mol. The van der Waals surface area contributed by atoms with E-state index in [1.54, 1.807) is 0 Å². The van der Waals surface area contributed by atoms with Crippen LogP contribution >= 0.6 is 0 Å². The van der Waals surface area contributed by atoms with E-state index in [0.717, 1.165) is 43.4 Å². The predicted octanol–water partition coefficient (Wildman–Crippen LogP) is 4.02. The number of aryl methyl sites for hydroxylation is 1. The van der Waals surface area contributed by atoms with Crippen LogP contribution in [0.4, 0.5) is 5.69 Å². The van der Waals surface area contributed by atoms with Crippen LogP contribution in [0.2, 0.25) is 0 Å². The Morgan fingerprint density at radius 1 is 0.962 bits per heavy atom. The zero-order chi connectivity index (χ0) is 18.1. The maximum atomic E-state index is 4.85. The van der Waals surface area contributed by atoms with Crippen LogP contribution in [0, 0.1) is 5.92 Å². The van der Waals surface area contributed by atoms with Gasteiger partial charge in [-0.15, -0.1) is 0 Å². The first kappa shape index (κ1) is 17.1. The molecule has 2 heterocycles. The molecule has 0 amide bonds. The van der Waals surface area contributed by atoms with Gasteiger partial charge in [-0.25, -0.2) is 4.98 Å². The molecule has 0 unspecified atom stereocenters. The van der Waals surface area contributed by atoms with E-state index in [2.05, 4.69) is 77.7 Å². The SMILES string of the molecule is CC(C)CN1CCN(c2cccc(-c3nc4ccccc4n3C)c2)CC1. The molecule has 3 aromatic rings. The number of hydrogen-bond donors (Lipinski definition) is 0. The summed E-state index contributed by atoms with van der Waals surface area (Å²) in [6.45, 7) is 10.3. The highest BCUT2D eigenvalue weighted by Gasteiger charge is 2.18. The predicted molar refractivity (Wildman–Crippen MR) is 110 cm³/mol. The Kier molecular flexibility index (Phi) is 4.68. The summed E-state index contributed by atoms with van der Waals surface area (Å²) in [6, 6.07) is 17.2. The van der Waals surface area contributed by atoms with Crippen LogP contribution < -0.4 is 4.90 Å². The van der Waals surface area contributed by atoms with E-state index in [9.17, 15) is 0 Å². The molecule has 0 saturated carbocycles. The normalized spacial score (nSPS) is 15.9. The van der Waals surface area contributed by atoms with Gasteiger partial charge in [0.2, 0.25) is 0 Å². The molecular weight excluding hydrogens is 320 g/mol. The third-order valence-corrected chi connectivity index (χ3v) is 5.25. The molecular formula is C22H28N4. The number of aromatic nitrogens is 2. The van der Waals surface area contributed by atoms with Crippen molar-refractivity contribution in [1.82, 2.24) is 14.5 Å². The van der Waals surface area contributed by atoms with Gasteiger partial charge in [0.05, 0.1) is 11.0 Å². The fraction of sp³-hybridized carbons (Fsp3) is 0.409. The molecule has 26 heavy (non-hydrogen) atoms. The maximum Gasteiger partial charge on any atom is 0.140 e. The third-order valence-electron chi connectivity index (χ3n) is 5.25. The molecule has 1 aliphatic rings. The summed E-state index contributed by atoms with van der Waals surface area (Å²) in [4.78, 5) is 9.93. The lowest BCUT2D eigenvalue weighted by molar-refractivity contribution is 0.231. The number of fused-ring (bicyclic) bond motifs is 1. The van der Waals surface area contributed by atoms with Crippen molar-refractivity contribution in [3.05, 3.63) is 48.5 Å². The van der Waals surface area contributed by atoms with Gasteiger partial charge in [-0.2, -0.15) is 0 Å². The number of rotatable bonds is 4. The third kappa shape index (κ3) is 3.34. The number of nitrogens with zero attached hydrogens (tertiary/aromatic N) is 4. The van der Waals surface area contributed by atoms with Crippen LogP contribution in [-0.4, -0.2) is 47.2 Å². The molecule has 0 aliphatic carbocycles. The highest BCUT2D eigenvalue weighted by Crippen LogP contribution is 2.27. The molecule has 4 heteroatoms. The smallest absolute Gasteiger partial charge is 0.140 e. The van der Waals surface area contributed by atoms with Crippen LogP contribution in [-0.2, 0) is 7.05 Å². The van der Waals surface area contributed by atoms with Crippen molar-refractivity contribution in [2.75, 3.05) is 37.6 Å². The Labute approximate surface area is 156 Å². The van der Waals surface area contributed by atoms with Gasteiger partial charge in [-0.3, -0.25) is 4.90 Å². The first-order valence-corrected chi connectivity index (χ1v) is 9.61. The van der Waals surface area contributed by atoms with Crippen molar-refractivity contribution in [2.24, 2.45) is 13.0 Å². The Morgan fingerprint density at radius 3 is 2.46 bits per heavy atom. The fourth-order valence-corrected chi connectivity index (χ4v) is 3.95. The zero-order valence-electron chi connectivity index (χ0n) is 16.0. The van der Waals surface area contributed by atoms with Crippen molar-refractivity contribution in [2.45, 2.75) is 13.8 Å². The van der Waals surface area contributed by atoms with E-state index in [1.165, 1.54) is 23.3 Å². The van der Waals surface area contributed by atoms with E-state index >= 15 is 0 Å². The summed E-state index contributed by atoms with van der Waals surface area (Å²) < 4.78 is 2.19. The number of anilines is 1.